The molecule has 2 aromatic heterocycles. The second-order valence-electron chi connectivity index (χ2n) is 3.84. The predicted molar refractivity (Wildman–Crippen MR) is 62.4 cm³/mol. The van der Waals surface area contributed by atoms with E-state index in [0.717, 1.165) is 5.56 Å². The molecule has 18 heavy (non-hydrogen) atoms. The van der Waals surface area contributed by atoms with Crippen LogP contribution in [0.25, 0.3) is 0 Å². The monoisotopic (exact) mass is 253 g/mol. The first-order valence-corrected chi connectivity index (χ1v) is 5.50. The first kappa shape index (κ1) is 12.3. The highest BCUT2D eigenvalue weighted by atomic mass is 19.3. The Labute approximate surface area is 103 Å². The summed E-state index contributed by atoms with van der Waals surface area (Å²) in [4.78, 5) is 14.7. The van der Waals surface area contributed by atoms with Crippen LogP contribution in [-0.4, -0.2) is 21.9 Å². The van der Waals surface area contributed by atoms with E-state index in [0.29, 0.717) is 6.54 Å². The van der Waals surface area contributed by atoms with E-state index >= 15 is 0 Å². The van der Waals surface area contributed by atoms with Crippen LogP contribution in [0, 0.1) is 0 Å². The molecule has 96 valence electrons. The molecule has 2 aromatic rings. The molecule has 2 heterocycles. The number of nitrogens with one attached hydrogen (secondary N) is 2. The molecule has 0 fully saturated rings. The number of rotatable bonds is 5. The Bertz CT molecular complexity index is 505. The summed E-state index contributed by atoms with van der Waals surface area (Å²) in [6.45, 7) is -0.109. The number of nitrogens with zero attached hydrogens (tertiary/aromatic N) is 1. The van der Waals surface area contributed by atoms with Crippen molar-refractivity contribution in [3.8, 4) is 0 Å². The van der Waals surface area contributed by atoms with Gasteiger partial charge in [-0.15, -0.1) is 0 Å². The SMILES string of the molecule is O=C(NCc1cc[nH]c1)c1cccn1CC(F)F. The largest absolute Gasteiger partial charge is 0.367 e. The lowest BCUT2D eigenvalue weighted by Crippen LogP contribution is -2.26. The van der Waals surface area contributed by atoms with Crippen molar-refractivity contribution in [1.82, 2.24) is 14.9 Å². The smallest absolute Gasteiger partial charge is 0.268 e. The molecule has 0 spiro atoms. The third-order valence-electron chi connectivity index (χ3n) is 2.51. The number of carbonyl (C=O) groups excluding carboxylic acids is 1. The second kappa shape index (κ2) is 5.48. The van der Waals surface area contributed by atoms with Gasteiger partial charge in [-0.3, -0.25) is 4.79 Å². The van der Waals surface area contributed by atoms with Gasteiger partial charge in [0, 0.05) is 25.1 Å². The van der Waals surface area contributed by atoms with Crippen molar-refractivity contribution in [1.29, 1.82) is 0 Å². The van der Waals surface area contributed by atoms with Gasteiger partial charge < -0.3 is 14.9 Å². The van der Waals surface area contributed by atoms with Gasteiger partial charge in [-0.05, 0) is 23.8 Å². The van der Waals surface area contributed by atoms with Gasteiger partial charge in [-0.25, -0.2) is 8.78 Å². The van der Waals surface area contributed by atoms with Crippen LogP contribution >= 0.6 is 0 Å². The van der Waals surface area contributed by atoms with Crippen LogP contribution in [0.5, 0.6) is 0 Å². The molecule has 2 rings (SSSR count). The number of H-pyrrole nitrogens is 1. The van der Waals surface area contributed by atoms with Crippen LogP contribution in [0.15, 0.2) is 36.8 Å². The van der Waals surface area contributed by atoms with Gasteiger partial charge in [-0.1, -0.05) is 0 Å². The lowest BCUT2D eigenvalue weighted by Gasteiger charge is -2.08. The van der Waals surface area contributed by atoms with Gasteiger partial charge >= 0.3 is 0 Å². The van der Waals surface area contributed by atoms with Crippen LogP contribution in [0.1, 0.15) is 16.1 Å². The van der Waals surface area contributed by atoms with Crippen LogP contribution in [-0.2, 0) is 13.1 Å². The average Bonchev–Trinajstić information content (AvgIpc) is 2.95. The summed E-state index contributed by atoms with van der Waals surface area (Å²) >= 11 is 0. The third kappa shape index (κ3) is 2.97. The minimum absolute atomic E-state index is 0.242. The quantitative estimate of drug-likeness (QED) is 0.841. The van der Waals surface area contributed by atoms with E-state index < -0.39 is 13.0 Å². The highest BCUT2D eigenvalue weighted by Crippen LogP contribution is 2.07. The van der Waals surface area contributed by atoms with E-state index in [1.54, 1.807) is 18.5 Å². The Morgan fingerprint density at radius 1 is 1.44 bits per heavy atom. The number of alkyl halides is 2. The van der Waals surface area contributed by atoms with Crippen molar-refractivity contribution in [2.45, 2.75) is 19.5 Å². The van der Waals surface area contributed by atoms with E-state index in [4.69, 9.17) is 0 Å². The van der Waals surface area contributed by atoms with Gasteiger partial charge in [0.1, 0.15) is 5.69 Å². The van der Waals surface area contributed by atoms with Crippen molar-refractivity contribution in [3.05, 3.63) is 48.0 Å². The van der Waals surface area contributed by atoms with Crippen LogP contribution < -0.4 is 5.32 Å². The second-order valence-corrected chi connectivity index (χ2v) is 3.84. The molecule has 0 atom stereocenters. The molecule has 2 N–H and O–H groups in total. The number of aromatic nitrogens is 2. The first-order chi connectivity index (χ1) is 8.66. The summed E-state index contributed by atoms with van der Waals surface area (Å²) in [5.41, 5.74) is 1.17. The summed E-state index contributed by atoms with van der Waals surface area (Å²) in [6.07, 6.45) is 2.50. The molecule has 0 aromatic carbocycles. The van der Waals surface area contributed by atoms with Crippen LogP contribution in [0.3, 0.4) is 0 Å². The molecule has 0 aliphatic rings. The van der Waals surface area contributed by atoms with Crippen molar-refractivity contribution >= 4 is 5.91 Å². The van der Waals surface area contributed by atoms with Gasteiger partial charge in [0.15, 0.2) is 0 Å². The molecule has 0 saturated heterocycles. The maximum absolute atomic E-state index is 12.3. The zero-order valence-electron chi connectivity index (χ0n) is 9.57. The molecule has 0 aliphatic heterocycles. The highest BCUT2D eigenvalue weighted by molar-refractivity contribution is 5.92. The zero-order valence-corrected chi connectivity index (χ0v) is 9.57. The van der Waals surface area contributed by atoms with Crippen LogP contribution in [0.4, 0.5) is 8.78 Å². The molecule has 0 saturated carbocycles. The summed E-state index contributed by atoms with van der Waals surface area (Å²) in [6, 6.07) is 4.93. The van der Waals surface area contributed by atoms with Crippen molar-refractivity contribution in [3.63, 3.8) is 0 Å². The zero-order chi connectivity index (χ0) is 13.0. The Kier molecular flexibility index (Phi) is 3.76. The average molecular weight is 253 g/mol. The van der Waals surface area contributed by atoms with Crippen LogP contribution in [0.2, 0.25) is 0 Å². The molecule has 0 unspecified atom stereocenters. The maximum atomic E-state index is 12.3. The lowest BCUT2D eigenvalue weighted by molar-refractivity contribution is 0.0928. The normalized spacial score (nSPS) is 10.8. The fraction of sp³-hybridized carbons (Fsp3) is 0.250. The Morgan fingerprint density at radius 2 is 2.28 bits per heavy atom. The molecule has 1 amide bonds. The molecule has 0 bridgehead atoms. The predicted octanol–water partition coefficient (Wildman–Crippen LogP) is 2.01. The van der Waals surface area contributed by atoms with E-state index in [-0.39, 0.29) is 11.6 Å². The Morgan fingerprint density at radius 3 is 2.94 bits per heavy atom. The fourth-order valence-electron chi connectivity index (χ4n) is 1.67. The Hall–Kier alpha value is -2.11. The van der Waals surface area contributed by atoms with E-state index in [1.807, 2.05) is 6.07 Å². The summed E-state index contributed by atoms with van der Waals surface area (Å²) in [7, 11) is 0. The summed E-state index contributed by atoms with van der Waals surface area (Å²) in [5, 5.41) is 2.68. The maximum Gasteiger partial charge on any atom is 0.268 e. The summed E-state index contributed by atoms with van der Waals surface area (Å²) in [5.74, 6) is -0.359. The van der Waals surface area contributed by atoms with Crippen molar-refractivity contribution < 1.29 is 13.6 Å². The molecule has 0 radical (unpaired) electrons. The van der Waals surface area contributed by atoms with Crippen molar-refractivity contribution in [2.24, 2.45) is 0 Å². The molecule has 6 heteroatoms. The standard InChI is InChI=1S/C12H13F2N3O/c13-11(14)8-17-5-1-2-10(17)12(18)16-7-9-3-4-15-6-9/h1-6,11,15H,7-8H2,(H,16,18). The van der Waals surface area contributed by atoms with Gasteiger partial charge in [0.2, 0.25) is 0 Å². The topological polar surface area (TPSA) is 49.8 Å². The summed E-state index contributed by atoms with van der Waals surface area (Å²) < 4.78 is 25.8. The minimum atomic E-state index is -2.48. The first-order valence-electron chi connectivity index (χ1n) is 5.50. The lowest BCUT2D eigenvalue weighted by atomic mass is 10.3. The number of carbonyl (C=O) groups is 1. The van der Waals surface area contributed by atoms with Gasteiger partial charge in [0.05, 0.1) is 6.54 Å². The number of amides is 1. The van der Waals surface area contributed by atoms with E-state index in [2.05, 4.69) is 10.3 Å². The molecular weight excluding hydrogens is 240 g/mol. The number of aromatic amines is 1. The van der Waals surface area contributed by atoms with E-state index in [9.17, 15) is 13.6 Å². The molecule has 4 nitrogen and oxygen atoms in total. The van der Waals surface area contributed by atoms with E-state index in [1.165, 1.54) is 16.8 Å². The molecular formula is C12H13F2N3O. The van der Waals surface area contributed by atoms with Crippen molar-refractivity contribution in [2.75, 3.05) is 0 Å². The number of halogens is 2. The number of hydrogen-bond donors (Lipinski definition) is 2. The third-order valence-corrected chi connectivity index (χ3v) is 2.51. The molecule has 0 aliphatic carbocycles. The fourth-order valence-corrected chi connectivity index (χ4v) is 1.67. The number of hydrogen-bond acceptors (Lipinski definition) is 1. The minimum Gasteiger partial charge on any atom is -0.367 e. The highest BCUT2D eigenvalue weighted by Gasteiger charge is 2.13. The Balaban J connectivity index is 1.98. The van der Waals surface area contributed by atoms with Gasteiger partial charge in [-0.2, -0.15) is 0 Å². The van der Waals surface area contributed by atoms with Gasteiger partial charge in [0.25, 0.3) is 12.3 Å².